The lowest BCUT2D eigenvalue weighted by Gasteiger charge is -2.10. The number of benzene rings is 2. The van der Waals surface area contributed by atoms with Crippen molar-refractivity contribution in [2.24, 2.45) is 0 Å². The van der Waals surface area contributed by atoms with E-state index in [0.717, 1.165) is 17.2 Å². The fourth-order valence-corrected chi connectivity index (χ4v) is 1.84. The summed E-state index contributed by atoms with van der Waals surface area (Å²) in [5.74, 6) is -0.196. The Morgan fingerprint density at radius 1 is 1.25 bits per heavy atom. The number of nitro groups is 1. The summed E-state index contributed by atoms with van der Waals surface area (Å²) in [4.78, 5) is 9.93. The van der Waals surface area contributed by atoms with Crippen LogP contribution in [0.4, 0.5) is 10.1 Å². The molecule has 0 radical (unpaired) electrons. The van der Waals surface area contributed by atoms with Gasteiger partial charge in [-0.25, -0.2) is 0 Å². The smallest absolute Gasteiger partial charge is 0.305 e. The van der Waals surface area contributed by atoms with Gasteiger partial charge in [-0.15, -0.1) is 0 Å². The normalized spacial score (nSPS) is 10.3. The maximum atomic E-state index is 13.9. The van der Waals surface area contributed by atoms with Crippen LogP contribution in [0.5, 0.6) is 5.75 Å². The summed E-state index contributed by atoms with van der Waals surface area (Å²) in [5, 5.41) is 10.7. The number of rotatable bonds is 4. The Balaban J connectivity index is 2.21. The standard InChI is InChI=1S/C15H14FNO3/c1-10-6-7-11(2)14(8-10)20-9-12-4-3-5-13(15(12)16)17(18)19/h3-8H,9H2,1-2H3. The lowest BCUT2D eigenvalue weighted by molar-refractivity contribution is -0.387. The number of hydrogen-bond acceptors (Lipinski definition) is 3. The van der Waals surface area contributed by atoms with E-state index in [2.05, 4.69) is 0 Å². The van der Waals surface area contributed by atoms with Gasteiger partial charge < -0.3 is 4.74 Å². The van der Waals surface area contributed by atoms with Crippen molar-refractivity contribution in [1.29, 1.82) is 0 Å². The number of hydrogen-bond donors (Lipinski definition) is 0. The van der Waals surface area contributed by atoms with Gasteiger partial charge in [-0.05, 0) is 31.0 Å². The molecule has 0 spiro atoms. The molecule has 2 aromatic rings. The summed E-state index contributed by atoms with van der Waals surface area (Å²) in [6, 6.07) is 9.78. The molecular weight excluding hydrogens is 261 g/mol. The molecule has 0 aliphatic carbocycles. The molecule has 0 N–H and O–H groups in total. The van der Waals surface area contributed by atoms with Gasteiger partial charge in [-0.1, -0.05) is 24.3 Å². The predicted molar refractivity (Wildman–Crippen MR) is 73.3 cm³/mol. The van der Waals surface area contributed by atoms with Crippen molar-refractivity contribution in [3.8, 4) is 5.75 Å². The zero-order valence-corrected chi connectivity index (χ0v) is 11.2. The Morgan fingerprint density at radius 2 is 2.00 bits per heavy atom. The van der Waals surface area contributed by atoms with Gasteiger partial charge >= 0.3 is 5.69 Å². The van der Waals surface area contributed by atoms with Crippen LogP contribution in [-0.2, 0) is 6.61 Å². The van der Waals surface area contributed by atoms with Crippen molar-refractivity contribution in [3.63, 3.8) is 0 Å². The van der Waals surface area contributed by atoms with Crippen LogP contribution < -0.4 is 4.74 Å². The first-order chi connectivity index (χ1) is 9.49. The number of ether oxygens (including phenoxy) is 1. The van der Waals surface area contributed by atoms with Gasteiger partial charge in [0.15, 0.2) is 0 Å². The Hall–Kier alpha value is -2.43. The Kier molecular flexibility index (Phi) is 3.98. The fraction of sp³-hybridized carbons (Fsp3) is 0.200. The van der Waals surface area contributed by atoms with E-state index >= 15 is 0 Å². The van der Waals surface area contributed by atoms with Gasteiger partial charge in [0.1, 0.15) is 12.4 Å². The van der Waals surface area contributed by atoms with Crippen molar-refractivity contribution in [2.45, 2.75) is 20.5 Å². The molecule has 2 rings (SSSR count). The first-order valence-electron chi connectivity index (χ1n) is 6.11. The molecule has 4 nitrogen and oxygen atoms in total. The SMILES string of the molecule is Cc1ccc(C)c(OCc2cccc([N+](=O)[O-])c2F)c1. The third-order valence-corrected chi connectivity index (χ3v) is 2.98. The average molecular weight is 275 g/mol. The van der Waals surface area contributed by atoms with E-state index in [1.807, 2.05) is 32.0 Å². The Bertz CT molecular complexity index is 656. The number of halogens is 1. The molecule has 104 valence electrons. The summed E-state index contributed by atoms with van der Waals surface area (Å²) < 4.78 is 19.4. The minimum Gasteiger partial charge on any atom is -0.489 e. The van der Waals surface area contributed by atoms with Crippen LogP contribution in [0.1, 0.15) is 16.7 Å². The molecule has 0 bridgehead atoms. The van der Waals surface area contributed by atoms with Gasteiger partial charge in [0.05, 0.1) is 4.92 Å². The highest BCUT2D eigenvalue weighted by molar-refractivity contribution is 5.38. The maximum absolute atomic E-state index is 13.9. The van der Waals surface area contributed by atoms with Gasteiger partial charge in [0.2, 0.25) is 5.82 Å². The lowest BCUT2D eigenvalue weighted by Crippen LogP contribution is -2.02. The van der Waals surface area contributed by atoms with Gasteiger partial charge in [-0.3, -0.25) is 10.1 Å². The molecule has 0 aromatic heterocycles. The van der Waals surface area contributed by atoms with Crippen LogP contribution in [0.3, 0.4) is 0 Å². The van der Waals surface area contributed by atoms with Crippen LogP contribution in [0.15, 0.2) is 36.4 Å². The zero-order valence-electron chi connectivity index (χ0n) is 11.2. The fourth-order valence-electron chi connectivity index (χ4n) is 1.84. The van der Waals surface area contributed by atoms with Crippen molar-refractivity contribution < 1.29 is 14.1 Å². The molecule has 0 saturated carbocycles. The van der Waals surface area contributed by atoms with Gasteiger partial charge in [0.25, 0.3) is 0 Å². The summed E-state index contributed by atoms with van der Waals surface area (Å²) in [6.45, 7) is 3.77. The molecule has 5 heteroatoms. The van der Waals surface area contributed by atoms with E-state index in [1.165, 1.54) is 12.1 Å². The molecule has 0 fully saturated rings. The summed E-state index contributed by atoms with van der Waals surface area (Å²) in [7, 11) is 0. The topological polar surface area (TPSA) is 52.4 Å². The second kappa shape index (κ2) is 5.69. The van der Waals surface area contributed by atoms with E-state index in [-0.39, 0.29) is 12.2 Å². The molecule has 0 aliphatic heterocycles. The first-order valence-corrected chi connectivity index (χ1v) is 6.11. The molecule has 0 aliphatic rings. The Labute approximate surface area is 116 Å². The molecule has 0 atom stereocenters. The highest BCUT2D eigenvalue weighted by atomic mass is 19.1. The molecule has 0 heterocycles. The van der Waals surface area contributed by atoms with Crippen LogP contribution >= 0.6 is 0 Å². The minimum absolute atomic E-state index is 0.0438. The van der Waals surface area contributed by atoms with Crippen molar-refractivity contribution >= 4 is 5.69 Å². The van der Waals surface area contributed by atoms with Crippen molar-refractivity contribution in [3.05, 3.63) is 69.0 Å². The van der Waals surface area contributed by atoms with Crippen LogP contribution in [0.2, 0.25) is 0 Å². The van der Waals surface area contributed by atoms with Gasteiger partial charge in [-0.2, -0.15) is 4.39 Å². The molecule has 20 heavy (non-hydrogen) atoms. The highest BCUT2D eigenvalue weighted by Crippen LogP contribution is 2.24. The zero-order chi connectivity index (χ0) is 14.7. The predicted octanol–water partition coefficient (Wildman–Crippen LogP) is 3.93. The minimum atomic E-state index is -0.845. The maximum Gasteiger partial charge on any atom is 0.305 e. The summed E-state index contributed by atoms with van der Waals surface area (Å²) in [5.41, 5.74) is 1.60. The first kappa shape index (κ1) is 14.0. The molecule has 0 unspecified atom stereocenters. The summed E-state index contributed by atoms with van der Waals surface area (Å²) >= 11 is 0. The summed E-state index contributed by atoms with van der Waals surface area (Å²) in [6.07, 6.45) is 0. The lowest BCUT2D eigenvalue weighted by atomic mass is 10.1. The van der Waals surface area contributed by atoms with Crippen LogP contribution in [0.25, 0.3) is 0 Å². The van der Waals surface area contributed by atoms with Crippen LogP contribution in [-0.4, -0.2) is 4.92 Å². The van der Waals surface area contributed by atoms with Gasteiger partial charge in [0, 0.05) is 11.6 Å². The number of nitro benzene ring substituents is 1. The Morgan fingerprint density at radius 3 is 2.70 bits per heavy atom. The van der Waals surface area contributed by atoms with E-state index < -0.39 is 16.4 Å². The highest BCUT2D eigenvalue weighted by Gasteiger charge is 2.17. The molecular formula is C15H14FNO3. The van der Waals surface area contributed by atoms with E-state index in [0.29, 0.717) is 5.75 Å². The third kappa shape index (κ3) is 2.93. The average Bonchev–Trinajstić information content (AvgIpc) is 2.41. The number of nitrogens with zero attached hydrogens (tertiary/aromatic N) is 1. The molecule has 2 aromatic carbocycles. The monoisotopic (exact) mass is 275 g/mol. The van der Waals surface area contributed by atoms with Crippen molar-refractivity contribution in [2.75, 3.05) is 0 Å². The second-order valence-corrected chi connectivity index (χ2v) is 4.56. The molecule has 0 saturated heterocycles. The quantitative estimate of drug-likeness (QED) is 0.627. The third-order valence-electron chi connectivity index (χ3n) is 2.98. The molecule has 0 amide bonds. The van der Waals surface area contributed by atoms with E-state index in [1.54, 1.807) is 0 Å². The largest absolute Gasteiger partial charge is 0.489 e. The van der Waals surface area contributed by atoms with E-state index in [9.17, 15) is 14.5 Å². The van der Waals surface area contributed by atoms with Crippen molar-refractivity contribution in [1.82, 2.24) is 0 Å². The van der Waals surface area contributed by atoms with E-state index in [4.69, 9.17) is 4.74 Å². The number of aryl methyl sites for hydroxylation is 2. The van der Waals surface area contributed by atoms with Crippen LogP contribution in [0, 0.1) is 29.8 Å². The second-order valence-electron chi connectivity index (χ2n) is 4.56.